The third-order valence-corrected chi connectivity index (χ3v) is 9.44. The summed E-state index contributed by atoms with van der Waals surface area (Å²) in [5.41, 5.74) is -1.18. The summed E-state index contributed by atoms with van der Waals surface area (Å²) in [6.45, 7) is 7.31. The van der Waals surface area contributed by atoms with Gasteiger partial charge in [-0.1, -0.05) is 55.3 Å². The Bertz CT molecular complexity index is 1770. The van der Waals surface area contributed by atoms with E-state index in [1.54, 1.807) is 27.7 Å². The molecule has 2 N–H and O–H groups in total. The quantitative estimate of drug-likeness (QED) is 0.204. The van der Waals surface area contributed by atoms with Gasteiger partial charge in [0.15, 0.2) is 0 Å². The number of rotatable bonds is 5. The molecule has 1 saturated carbocycles. The molecule has 3 aliphatic rings. The average molecular weight is 671 g/mol. The number of pyridine rings is 1. The Hall–Kier alpha value is -4.67. The molecule has 3 aromatic rings. The zero-order valence-corrected chi connectivity index (χ0v) is 28.7. The number of allylic oxidation sites excluding steroid dienone is 1. The van der Waals surface area contributed by atoms with Gasteiger partial charge in [0.05, 0.1) is 24.1 Å². The number of alkyl carbamates (subject to hydrolysis) is 1. The maximum absolute atomic E-state index is 14.4. The number of aromatic nitrogens is 1. The van der Waals surface area contributed by atoms with Crippen LogP contribution in [0.3, 0.4) is 0 Å². The second-order valence-electron chi connectivity index (χ2n) is 14.2. The predicted molar refractivity (Wildman–Crippen MR) is 185 cm³/mol. The minimum absolute atomic E-state index is 0.105. The molecule has 0 radical (unpaired) electrons. The third kappa shape index (κ3) is 7.50. The predicted octanol–water partition coefficient (Wildman–Crippen LogP) is 5.59. The molecule has 2 aromatic carbocycles. The second-order valence-corrected chi connectivity index (χ2v) is 14.2. The van der Waals surface area contributed by atoms with Crippen LogP contribution in [0, 0.1) is 5.92 Å². The minimum atomic E-state index is -1.19. The standard InChI is InChI=1S/C38H46N4O7/c1-5-47-35(45)38-21-25(38)15-9-7-6-8-10-17-29(40-36(46)49-37(2,3)4)34(44)42-23-26(20-30(42)33(43)41-38)48-31-19-13-18-28-32(31)27-16-12-11-14-24(27)22-39-28/h9,11-16,18-19,22,25-26,29-30H,5-8,10,17,20-21,23H2,1-4H3,(H,40,46)(H,41,43)/b15-9-/t25-,26-,29+,30+,38-/m1/s1. The van der Waals surface area contributed by atoms with Gasteiger partial charge < -0.3 is 29.7 Å². The van der Waals surface area contributed by atoms with Gasteiger partial charge in [0.25, 0.3) is 0 Å². The van der Waals surface area contributed by atoms with Crippen LogP contribution >= 0.6 is 0 Å². The highest BCUT2D eigenvalue weighted by atomic mass is 16.6. The monoisotopic (exact) mass is 670 g/mol. The highest BCUT2D eigenvalue weighted by molar-refractivity contribution is 6.08. The van der Waals surface area contributed by atoms with Gasteiger partial charge in [-0.25, -0.2) is 9.59 Å². The number of nitrogens with one attached hydrogen (secondary N) is 2. The largest absolute Gasteiger partial charge is 0.488 e. The summed E-state index contributed by atoms with van der Waals surface area (Å²) in [5, 5.41) is 8.59. The number of nitrogens with zero attached hydrogens (tertiary/aromatic N) is 2. The summed E-state index contributed by atoms with van der Waals surface area (Å²) in [7, 11) is 0. The molecule has 11 heteroatoms. The lowest BCUT2D eigenvalue weighted by molar-refractivity contribution is -0.150. The summed E-state index contributed by atoms with van der Waals surface area (Å²) >= 11 is 0. The lowest BCUT2D eigenvalue weighted by atomic mass is 10.0. The van der Waals surface area contributed by atoms with E-state index in [1.807, 2.05) is 60.8 Å². The van der Waals surface area contributed by atoms with Crippen LogP contribution < -0.4 is 15.4 Å². The molecule has 3 heterocycles. The normalized spacial score (nSPS) is 26.8. The Morgan fingerprint density at radius 3 is 2.69 bits per heavy atom. The first-order chi connectivity index (χ1) is 23.5. The fourth-order valence-corrected chi connectivity index (χ4v) is 6.99. The molecular weight excluding hydrogens is 624 g/mol. The van der Waals surface area contributed by atoms with Crippen LogP contribution in [-0.2, 0) is 23.9 Å². The lowest BCUT2D eigenvalue weighted by Crippen LogP contribution is -2.56. The van der Waals surface area contributed by atoms with Crippen molar-refractivity contribution in [3.8, 4) is 5.75 Å². The first kappa shape index (κ1) is 34.2. The zero-order valence-electron chi connectivity index (χ0n) is 28.7. The summed E-state index contributed by atoms with van der Waals surface area (Å²) < 4.78 is 17.6. The van der Waals surface area contributed by atoms with Crippen molar-refractivity contribution in [1.82, 2.24) is 20.5 Å². The van der Waals surface area contributed by atoms with E-state index in [0.717, 1.165) is 40.9 Å². The van der Waals surface area contributed by atoms with E-state index >= 15 is 0 Å². The van der Waals surface area contributed by atoms with E-state index < -0.39 is 53.2 Å². The minimum Gasteiger partial charge on any atom is -0.488 e. The number of ether oxygens (including phenoxy) is 3. The van der Waals surface area contributed by atoms with E-state index in [-0.39, 0.29) is 25.5 Å². The van der Waals surface area contributed by atoms with Gasteiger partial charge in [0.1, 0.15) is 35.1 Å². The number of fused-ring (bicyclic) bond motifs is 5. The number of hydrogen-bond donors (Lipinski definition) is 2. The number of benzene rings is 2. The molecular formula is C38H46N4O7. The van der Waals surface area contributed by atoms with Crippen molar-refractivity contribution < 1.29 is 33.4 Å². The number of amides is 3. The number of hydrogen-bond acceptors (Lipinski definition) is 8. The van der Waals surface area contributed by atoms with Crippen molar-refractivity contribution >= 4 is 45.6 Å². The lowest BCUT2D eigenvalue weighted by Gasteiger charge is -2.30. The smallest absolute Gasteiger partial charge is 0.408 e. The van der Waals surface area contributed by atoms with Gasteiger partial charge >= 0.3 is 12.1 Å². The Labute approximate surface area is 286 Å². The van der Waals surface area contributed by atoms with Crippen LogP contribution in [0.5, 0.6) is 5.75 Å². The molecule has 1 saturated heterocycles. The SMILES string of the molecule is CCOC(=O)[C@@]12C[C@H]1/C=C\CCCCC[C@H](NC(=O)OC(C)(C)C)C(=O)N1C[C@H](Oc3cccc4ncc5ccccc5c34)C[C@H]1C(=O)N2. The van der Waals surface area contributed by atoms with Crippen LogP contribution in [-0.4, -0.2) is 76.2 Å². The summed E-state index contributed by atoms with van der Waals surface area (Å²) in [6, 6.07) is 11.7. The third-order valence-electron chi connectivity index (χ3n) is 9.44. The van der Waals surface area contributed by atoms with Gasteiger partial charge in [-0.05, 0) is 70.9 Å². The van der Waals surface area contributed by atoms with Crippen molar-refractivity contribution in [3.63, 3.8) is 0 Å². The summed E-state index contributed by atoms with van der Waals surface area (Å²) in [4.78, 5) is 60.9. The van der Waals surface area contributed by atoms with Crippen LogP contribution in [0.1, 0.15) is 72.6 Å². The number of esters is 1. The molecule has 1 aliphatic carbocycles. The number of carbonyl (C=O) groups excluding carboxylic acids is 4. The van der Waals surface area contributed by atoms with Crippen molar-refractivity contribution in [2.45, 2.75) is 102 Å². The van der Waals surface area contributed by atoms with Gasteiger partial charge in [0.2, 0.25) is 11.8 Å². The molecule has 2 fully saturated rings. The van der Waals surface area contributed by atoms with Gasteiger partial charge in [-0.15, -0.1) is 0 Å². The Morgan fingerprint density at radius 1 is 1.08 bits per heavy atom. The molecule has 5 atom stereocenters. The Morgan fingerprint density at radius 2 is 1.90 bits per heavy atom. The first-order valence-electron chi connectivity index (χ1n) is 17.4. The van der Waals surface area contributed by atoms with Gasteiger partial charge in [-0.3, -0.25) is 14.6 Å². The Balaban J connectivity index is 1.33. The maximum atomic E-state index is 14.4. The summed E-state index contributed by atoms with van der Waals surface area (Å²) in [6.07, 6.45) is 8.82. The topological polar surface area (TPSA) is 136 Å². The van der Waals surface area contributed by atoms with Crippen molar-refractivity contribution in [2.75, 3.05) is 13.2 Å². The highest BCUT2D eigenvalue weighted by Gasteiger charge is 2.62. The molecule has 1 aromatic heterocycles. The molecule has 3 amide bonds. The van der Waals surface area contributed by atoms with Crippen molar-refractivity contribution in [3.05, 3.63) is 60.8 Å². The maximum Gasteiger partial charge on any atom is 0.408 e. The van der Waals surface area contributed by atoms with Gasteiger partial charge in [0, 0.05) is 23.9 Å². The first-order valence-corrected chi connectivity index (χ1v) is 17.4. The molecule has 260 valence electrons. The molecule has 6 rings (SSSR count). The van der Waals surface area contributed by atoms with E-state index in [2.05, 4.69) is 15.6 Å². The zero-order chi connectivity index (χ0) is 34.8. The van der Waals surface area contributed by atoms with Gasteiger partial charge in [-0.2, -0.15) is 0 Å². The average Bonchev–Trinajstić information content (AvgIpc) is 3.59. The van der Waals surface area contributed by atoms with E-state index in [1.165, 1.54) is 4.90 Å². The van der Waals surface area contributed by atoms with Crippen LogP contribution in [0.2, 0.25) is 0 Å². The van der Waals surface area contributed by atoms with E-state index in [0.29, 0.717) is 25.0 Å². The van der Waals surface area contributed by atoms with E-state index in [4.69, 9.17) is 14.2 Å². The molecule has 11 nitrogen and oxygen atoms in total. The van der Waals surface area contributed by atoms with Crippen LogP contribution in [0.25, 0.3) is 21.7 Å². The van der Waals surface area contributed by atoms with Crippen molar-refractivity contribution in [1.29, 1.82) is 0 Å². The fraction of sp³-hybridized carbons (Fsp3) is 0.500. The molecule has 0 spiro atoms. The summed E-state index contributed by atoms with van der Waals surface area (Å²) in [5.74, 6) is -0.935. The highest BCUT2D eigenvalue weighted by Crippen LogP contribution is 2.46. The molecule has 49 heavy (non-hydrogen) atoms. The number of carbonyl (C=O) groups is 4. The fourth-order valence-electron chi connectivity index (χ4n) is 6.99. The van der Waals surface area contributed by atoms with Crippen LogP contribution in [0.4, 0.5) is 4.79 Å². The molecule has 2 aliphatic heterocycles. The molecule has 0 bridgehead atoms. The van der Waals surface area contributed by atoms with Crippen LogP contribution in [0.15, 0.2) is 60.8 Å². The second kappa shape index (κ2) is 14.1. The van der Waals surface area contributed by atoms with E-state index in [9.17, 15) is 19.2 Å². The molecule has 0 unspecified atom stereocenters. The van der Waals surface area contributed by atoms with Crippen molar-refractivity contribution in [2.24, 2.45) is 5.92 Å². The Kier molecular flexibility index (Phi) is 9.81.